The molecule has 1 aromatic heterocycles. The van der Waals surface area contributed by atoms with Crippen LogP contribution in [0.15, 0.2) is 22.6 Å². The second-order valence-corrected chi connectivity index (χ2v) is 5.52. The molecule has 1 fully saturated rings. The van der Waals surface area contributed by atoms with Crippen LogP contribution in [0.2, 0.25) is 0 Å². The minimum atomic E-state index is 0.467. The number of oxazole rings is 1. The van der Waals surface area contributed by atoms with Gasteiger partial charge in [-0.1, -0.05) is 0 Å². The second kappa shape index (κ2) is 5.30. The van der Waals surface area contributed by atoms with E-state index >= 15 is 0 Å². The molecule has 108 valence electrons. The van der Waals surface area contributed by atoms with E-state index in [9.17, 15) is 0 Å². The normalized spacial score (nSPS) is 21.4. The van der Waals surface area contributed by atoms with E-state index in [-0.39, 0.29) is 0 Å². The number of likely N-dealkylation sites (N-methyl/N-ethyl adjacent to an activating group) is 2. The highest BCUT2D eigenvalue weighted by atomic mass is 16.4. The molecule has 0 aliphatic carbocycles. The van der Waals surface area contributed by atoms with Crippen molar-refractivity contribution in [1.82, 2.24) is 14.8 Å². The first-order chi connectivity index (χ1) is 9.61. The van der Waals surface area contributed by atoms with Crippen LogP contribution in [-0.2, 0) is 0 Å². The molecule has 6 nitrogen and oxygen atoms in total. The van der Waals surface area contributed by atoms with Crippen LogP contribution in [0.1, 0.15) is 0 Å². The van der Waals surface area contributed by atoms with Gasteiger partial charge in [-0.15, -0.1) is 0 Å². The minimum Gasteiger partial charge on any atom is -0.424 e. The molecular formula is C14H21N5O. The first-order valence-electron chi connectivity index (χ1n) is 6.90. The number of hydrogen-bond donors (Lipinski definition) is 2. The fourth-order valence-electron chi connectivity index (χ4n) is 2.55. The minimum absolute atomic E-state index is 0.467. The van der Waals surface area contributed by atoms with Gasteiger partial charge < -0.3 is 20.4 Å². The number of fused-ring (bicyclic) bond motifs is 1. The van der Waals surface area contributed by atoms with Crippen molar-refractivity contribution in [3.05, 3.63) is 18.2 Å². The highest BCUT2D eigenvalue weighted by Crippen LogP contribution is 2.21. The Labute approximate surface area is 118 Å². The van der Waals surface area contributed by atoms with E-state index in [1.807, 2.05) is 18.2 Å². The van der Waals surface area contributed by atoms with E-state index in [4.69, 9.17) is 10.2 Å². The summed E-state index contributed by atoms with van der Waals surface area (Å²) < 4.78 is 5.67. The van der Waals surface area contributed by atoms with E-state index in [1.54, 1.807) is 0 Å². The van der Waals surface area contributed by atoms with Crippen LogP contribution in [0.5, 0.6) is 0 Å². The number of nitrogens with one attached hydrogen (secondary N) is 1. The van der Waals surface area contributed by atoms with Crippen LogP contribution < -0.4 is 11.1 Å². The lowest BCUT2D eigenvalue weighted by atomic mass is 10.2. The van der Waals surface area contributed by atoms with Crippen LogP contribution in [0, 0.1) is 0 Å². The molecular weight excluding hydrogens is 254 g/mol. The summed E-state index contributed by atoms with van der Waals surface area (Å²) >= 11 is 0. The van der Waals surface area contributed by atoms with E-state index < -0.39 is 0 Å². The lowest BCUT2D eigenvalue weighted by molar-refractivity contribution is 0.121. The van der Waals surface area contributed by atoms with Crippen LogP contribution in [0.4, 0.5) is 11.7 Å². The fourth-order valence-corrected chi connectivity index (χ4v) is 2.55. The van der Waals surface area contributed by atoms with E-state index in [0.717, 1.165) is 37.3 Å². The first-order valence-corrected chi connectivity index (χ1v) is 6.90. The number of anilines is 2. The second-order valence-electron chi connectivity index (χ2n) is 5.52. The van der Waals surface area contributed by atoms with Crippen molar-refractivity contribution in [3.8, 4) is 0 Å². The number of nitrogen functional groups attached to an aromatic ring is 1. The Balaban J connectivity index is 1.67. The van der Waals surface area contributed by atoms with E-state index in [1.165, 1.54) is 0 Å². The van der Waals surface area contributed by atoms with Gasteiger partial charge in [0.1, 0.15) is 5.52 Å². The molecule has 0 saturated carbocycles. The van der Waals surface area contributed by atoms with Crippen LogP contribution in [0.3, 0.4) is 0 Å². The van der Waals surface area contributed by atoms with Gasteiger partial charge in [-0.2, -0.15) is 4.98 Å². The quantitative estimate of drug-likeness (QED) is 0.817. The molecule has 1 unspecified atom stereocenters. The summed E-state index contributed by atoms with van der Waals surface area (Å²) in [5.41, 5.74) is 8.00. The fraction of sp³-hybridized carbons (Fsp3) is 0.500. The van der Waals surface area contributed by atoms with Crippen molar-refractivity contribution in [2.75, 3.05) is 51.3 Å². The molecule has 3 N–H and O–H groups in total. The van der Waals surface area contributed by atoms with Gasteiger partial charge in [-0.3, -0.25) is 4.90 Å². The predicted molar refractivity (Wildman–Crippen MR) is 80.8 cm³/mol. The van der Waals surface area contributed by atoms with Gasteiger partial charge in [-0.25, -0.2) is 0 Å². The summed E-state index contributed by atoms with van der Waals surface area (Å²) in [6.07, 6.45) is 0. The zero-order chi connectivity index (χ0) is 14.1. The molecule has 1 aromatic carbocycles. The Hall–Kier alpha value is -1.79. The Morgan fingerprint density at radius 2 is 2.25 bits per heavy atom. The number of rotatable bonds is 3. The van der Waals surface area contributed by atoms with Gasteiger partial charge in [0.15, 0.2) is 5.58 Å². The molecule has 0 spiro atoms. The number of benzene rings is 1. The Morgan fingerprint density at radius 3 is 3.10 bits per heavy atom. The summed E-state index contributed by atoms with van der Waals surface area (Å²) in [6.45, 7) is 4.09. The lowest BCUT2D eigenvalue weighted by Crippen LogP contribution is -2.52. The molecule has 2 aromatic rings. The van der Waals surface area contributed by atoms with Gasteiger partial charge in [0, 0.05) is 37.9 Å². The Morgan fingerprint density at radius 1 is 1.40 bits per heavy atom. The maximum Gasteiger partial charge on any atom is 0.295 e. The van der Waals surface area contributed by atoms with E-state index in [2.05, 4.69) is 34.2 Å². The third-order valence-electron chi connectivity index (χ3n) is 3.88. The molecule has 1 aliphatic heterocycles. The van der Waals surface area contributed by atoms with Gasteiger partial charge in [0.2, 0.25) is 0 Å². The van der Waals surface area contributed by atoms with Crippen molar-refractivity contribution < 1.29 is 4.42 Å². The number of nitrogens with two attached hydrogens (primary N) is 1. The number of aromatic nitrogens is 1. The maximum absolute atomic E-state index is 5.74. The van der Waals surface area contributed by atoms with Crippen LogP contribution in [0.25, 0.3) is 11.1 Å². The zero-order valence-electron chi connectivity index (χ0n) is 12.0. The predicted octanol–water partition coefficient (Wildman–Crippen LogP) is 1.07. The van der Waals surface area contributed by atoms with Gasteiger partial charge in [0.05, 0.1) is 0 Å². The number of hydrogen-bond acceptors (Lipinski definition) is 6. The van der Waals surface area contributed by atoms with Gasteiger partial charge >= 0.3 is 0 Å². The number of piperazine rings is 1. The average molecular weight is 275 g/mol. The molecule has 20 heavy (non-hydrogen) atoms. The van der Waals surface area contributed by atoms with Crippen molar-refractivity contribution in [2.45, 2.75) is 6.04 Å². The highest BCUT2D eigenvalue weighted by molar-refractivity contribution is 5.78. The average Bonchev–Trinajstić information content (AvgIpc) is 2.81. The van der Waals surface area contributed by atoms with Crippen molar-refractivity contribution in [3.63, 3.8) is 0 Å². The van der Waals surface area contributed by atoms with Gasteiger partial charge in [-0.05, 0) is 32.3 Å². The zero-order valence-corrected chi connectivity index (χ0v) is 12.0. The molecule has 2 heterocycles. The summed E-state index contributed by atoms with van der Waals surface area (Å²) in [7, 11) is 4.31. The molecule has 1 aliphatic rings. The molecule has 0 radical (unpaired) electrons. The molecule has 0 bridgehead atoms. The summed E-state index contributed by atoms with van der Waals surface area (Å²) in [4.78, 5) is 9.13. The topological polar surface area (TPSA) is 70.6 Å². The molecule has 0 amide bonds. The standard InChI is InChI=1S/C14H21N5O/c1-18-5-6-19(2)11(9-18)8-16-14-17-12-7-10(15)3-4-13(12)20-14/h3-4,7,11H,5-6,8-9,15H2,1-2H3,(H,16,17). The third-order valence-corrected chi connectivity index (χ3v) is 3.88. The van der Waals surface area contributed by atoms with Crippen LogP contribution >= 0.6 is 0 Å². The van der Waals surface area contributed by atoms with Crippen molar-refractivity contribution >= 4 is 22.8 Å². The largest absolute Gasteiger partial charge is 0.424 e. The summed E-state index contributed by atoms with van der Waals surface area (Å²) in [6, 6.07) is 6.52. The SMILES string of the molecule is CN1CCN(C)C(CNc2nc3cc(N)ccc3o2)C1. The van der Waals surface area contributed by atoms with Crippen molar-refractivity contribution in [2.24, 2.45) is 0 Å². The highest BCUT2D eigenvalue weighted by Gasteiger charge is 2.22. The van der Waals surface area contributed by atoms with Crippen molar-refractivity contribution in [1.29, 1.82) is 0 Å². The third kappa shape index (κ3) is 2.71. The van der Waals surface area contributed by atoms with Gasteiger partial charge in [0.25, 0.3) is 6.01 Å². The number of nitrogens with zero attached hydrogens (tertiary/aromatic N) is 3. The van der Waals surface area contributed by atoms with E-state index in [0.29, 0.717) is 17.7 Å². The van der Waals surface area contributed by atoms with Crippen LogP contribution in [-0.4, -0.2) is 61.1 Å². The summed E-state index contributed by atoms with van der Waals surface area (Å²) in [5.74, 6) is 0. The molecule has 1 saturated heterocycles. The first kappa shape index (κ1) is 13.2. The summed E-state index contributed by atoms with van der Waals surface area (Å²) in [5, 5.41) is 3.29. The smallest absolute Gasteiger partial charge is 0.295 e. The Kier molecular flexibility index (Phi) is 3.50. The maximum atomic E-state index is 5.74. The molecule has 3 rings (SSSR count). The molecule has 6 heteroatoms. The molecule has 1 atom stereocenters. The monoisotopic (exact) mass is 275 g/mol. The Bertz CT molecular complexity index is 596. The lowest BCUT2D eigenvalue weighted by Gasteiger charge is -2.37.